The van der Waals surface area contributed by atoms with Gasteiger partial charge >= 0.3 is 0 Å². The number of rotatable bonds is 3. The summed E-state index contributed by atoms with van der Waals surface area (Å²) in [6.45, 7) is -0.366. The third-order valence-corrected chi connectivity index (χ3v) is 21.8. The van der Waals surface area contributed by atoms with Crippen molar-refractivity contribution >= 4 is 63.3 Å². The van der Waals surface area contributed by atoms with Crippen molar-refractivity contribution in [3.63, 3.8) is 0 Å². The van der Waals surface area contributed by atoms with Crippen LogP contribution >= 0.6 is 0 Å². The molecule has 14 aromatic carbocycles. The van der Waals surface area contributed by atoms with E-state index in [0.29, 0.717) is 0 Å². The maximum atomic E-state index is 7.68. The molecular formula is C86H49B2NO3. The number of fused-ring (bicyclic) bond motifs is 28. The van der Waals surface area contributed by atoms with Crippen LogP contribution in [0.4, 0.5) is 17.1 Å². The lowest BCUT2D eigenvalue weighted by Crippen LogP contribution is -2.62. The minimum atomic E-state index is -0.555. The normalized spacial score (nSPS) is 14.9. The van der Waals surface area contributed by atoms with Gasteiger partial charge in [-0.25, -0.2) is 0 Å². The Morgan fingerprint density at radius 2 is 0.609 bits per heavy atom. The lowest BCUT2D eigenvalue weighted by Gasteiger charge is -2.41. The highest BCUT2D eigenvalue weighted by Gasteiger charge is 2.55. The molecule has 0 fully saturated rings. The average Bonchev–Trinajstić information content (AvgIpc) is 1.48. The second kappa shape index (κ2) is 17.6. The van der Waals surface area contributed by atoms with Gasteiger partial charge in [0.1, 0.15) is 34.5 Å². The SMILES string of the molecule is c1ccc(N2c3ccccc3B3c4cc5c(cc4Oc4cc(-c6cccc7c6C6(c8ccccc8-c8ccccc86)c6ccccc6-7)cc2c43)Oc2cc(-c3cccc4c3C3(c6ccccc6-c6ccccc63)c3ccccc3-4)cc3c2B5c2ccccc2O3)cc1. The molecule has 0 N–H and O–H groups in total. The van der Waals surface area contributed by atoms with E-state index in [-0.39, 0.29) is 13.4 Å². The lowest BCUT2D eigenvalue weighted by molar-refractivity contribution is 0.456. The van der Waals surface area contributed by atoms with Gasteiger partial charge in [-0.2, -0.15) is 0 Å². The van der Waals surface area contributed by atoms with E-state index in [1.165, 1.54) is 100 Å². The summed E-state index contributed by atoms with van der Waals surface area (Å²) in [5.74, 6) is 4.82. The van der Waals surface area contributed by atoms with Gasteiger partial charge in [0, 0.05) is 28.6 Å². The van der Waals surface area contributed by atoms with Crippen LogP contribution in [0.3, 0.4) is 0 Å². The molecule has 0 radical (unpaired) electrons. The van der Waals surface area contributed by atoms with E-state index in [4.69, 9.17) is 14.2 Å². The highest BCUT2D eigenvalue weighted by atomic mass is 16.5. The van der Waals surface area contributed by atoms with Crippen molar-refractivity contribution in [3.05, 3.63) is 342 Å². The fourth-order valence-corrected chi connectivity index (χ4v) is 18.6. The Labute approximate surface area is 533 Å². The number of para-hydroxylation sites is 3. The molecular weight excluding hydrogens is 1120 g/mol. The van der Waals surface area contributed by atoms with Crippen LogP contribution in [-0.2, 0) is 10.8 Å². The van der Waals surface area contributed by atoms with Crippen molar-refractivity contribution in [2.45, 2.75) is 10.8 Å². The Morgan fingerprint density at radius 1 is 0.239 bits per heavy atom. The van der Waals surface area contributed by atoms with E-state index < -0.39 is 10.8 Å². The molecule has 0 saturated heterocycles. The molecule has 0 atom stereocenters. The Bertz CT molecular complexity index is 5560. The maximum Gasteiger partial charge on any atom is 0.260 e. The Balaban J connectivity index is 0.756. The lowest BCUT2D eigenvalue weighted by atomic mass is 9.31. The summed E-state index contributed by atoms with van der Waals surface area (Å²) >= 11 is 0. The van der Waals surface area contributed by atoms with Crippen LogP contribution in [0, 0.1) is 0 Å². The van der Waals surface area contributed by atoms with Gasteiger partial charge in [0.25, 0.3) is 13.4 Å². The van der Waals surface area contributed by atoms with Gasteiger partial charge in [-0.15, -0.1) is 0 Å². The molecule has 8 aliphatic rings. The number of hydrogen-bond acceptors (Lipinski definition) is 4. The van der Waals surface area contributed by atoms with Crippen molar-refractivity contribution < 1.29 is 14.2 Å². The number of hydrogen-bond donors (Lipinski definition) is 0. The molecule has 0 aromatic heterocycles. The van der Waals surface area contributed by atoms with Crippen LogP contribution in [-0.4, -0.2) is 13.4 Å². The van der Waals surface area contributed by atoms with Crippen LogP contribution in [0.15, 0.2) is 297 Å². The number of nitrogens with zero attached hydrogens (tertiary/aromatic N) is 1. The average molecular weight is 1170 g/mol. The highest BCUT2D eigenvalue weighted by molar-refractivity contribution is 7.01. The largest absolute Gasteiger partial charge is 0.458 e. The molecule has 4 nitrogen and oxygen atoms in total. The van der Waals surface area contributed by atoms with Crippen LogP contribution in [0.2, 0.25) is 0 Å². The summed E-state index contributed by atoms with van der Waals surface area (Å²) in [5.41, 5.74) is 34.0. The fraction of sp³-hybridized carbons (Fsp3) is 0.0233. The van der Waals surface area contributed by atoms with E-state index in [0.717, 1.165) is 95.6 Å². The van der Waals surface area contributed by atoms with Crippen LogP contribution in [0.1, 0.15) is 44.5 Å². The zero-order chi connectivity index (χ0) is 59.7. The number of benzene rings is 14. The summed E-state index contributed by atoms with van der Waals surface area (Å²) in [6, 6.07) is 111. The maximum absolute atomic E-state index is 7.68. The van der Waals surface area contributed by atoms with E-state index >= 15 is 0 Å². The standard InChI is InChI=1S/C86H49B2NO3/c1-2-22-52(23-3-1)89-73-42-18-16-40-69(73)87-71-48-72-77(49-76(71)91-78-45-50(44-74(89)83(78)87)53-30-20-32-61-59-28-8-14-38-67(59)85(81(53)61)63-34-10-4-24-55(63)56-25-5-11-35-64(56)85)92-80-47-51(46-79-84(80)88(72)70-41-17-19-43-75(70)90-79)54-31-21-33-62-60-29-9-15-39-68(60)86(82(54)62)65-36-12-6-26-57(65)58-27-7-13-37-66(58)86/h1-49H. The molecule has 4 aliphatic carbocycles. The smallest absolute Gasteiger partial charge is 0.260 e. The summed E-state index contributed by atoms with van der Waals surface area (Å²) in [6.07, 6.45) is 0. The molecule has 2 spiro atoms. The van der Waals surface area contributed by atoms with Crippen LogP contribution < -0.4 is 51.9 Å². The minimum absolute atomic E-state index is 0.175. The molecule has 0 amide bonds. The first-order valence-electron chi connectivity index (χ1n) is 32.1. The van der Waals surface area contributed by atoms with Gasteiger partial charge in [-0.1, -0.05) is 243 Å². The molecule has 14 aromatic rings. The second-order valence-electron chi connectivity index (χ2n) is 25.9. The number of ether oxygens (including phenoxy) is 3. The van der Waals surface area contributed by atoms with Crippen LogP contribution in [0.5, 0.6) is 34.5 Å². The van der Waals surface area contributed by atoms with Crippen molar-refractivity contribution in [2.75, 3.05) is 4.90 Å². The van der Waals surface area contributed by atoms with Gasteiger partial charge in [0.2, 0.25) is 0 Å². The Hall–Kier alpha value is -11.6. The monoisotopic (exact) mass is 1170 g/mol. The molecule has 92 heavy (non-hydrogen) atoms. The van der Waals surface area contributed by atoms with Gasteiger partial charge in [-0.3, -0.25) is 0 Å². The summed E-state index contributed by atoms with van der Waals surface area (Å²) in [7, 11) is 0. The zero-order valence-corrected chi connectivity index (χ0v) is 49.6. The zero-order valence-electron chi connectivity index (χ0n) is 49.6. The van der Waals surface area contributed by atoms with Crippen molar-refractivity contribution in [2.24, 2.45) is 0 Å². The van der Waals surface area contributed by atoms with Crippen molar-refractivity contribution in [1.29, 1.82) is 0 Å². The second-order valence-corrected chi connectivity index (χ2v) is 25.9. The third-order valence-electron chi connectivity index (χ3n) is 21.8. The van der Waals surface area contributed by atoms with E-state index in [2.05, 4.69) is 302 Å². The molecule has 4 heterocycles. The van der Waals surface area contributed by atoms with Gasteiger partial charge in [0.15, 0.2) is 0 Å². The van der Waals surface area contributed by atoms with Gasteiger partial charge < -0.3 is 19.1 Å². The molecule has 0 unspecified atom stereocenters. The number of anilines is 3. The Kier molecular flexibility index (Phi) is 9.45. The molecule has 22 rings (SSSR count). The molecule has 0 saturated carbocycles. The summed E-state index contributed by atoms with van der Waals surface area (Å²) < 4.78 is 22.4. The third kappa shape index (κ3) is 5.98. The van der Waals surface area contributed by atoms with Crippen molar-refractivity contribution in [3.8, 4) is 101 Å². The Morgan fingerprint density at radius 3 is 1.12 bits per heavy atom. The predicted octanol–water partition coefficient (Wildman–Crippen LogP) is 16.8. The summed E-state index contributed by atoms with van der Waals surface area (Å²) in [4.78, 5) is 2.47. The fourth-order valence-electron chi connectivity index (χ4n) is 18.6. The molecule has 0 bridgehead atoms. The summed E-state index contributed by atoms with van der Waals surface area (Å²) in [5, 5.41) is 0. The van der Waals surface area contributed by atoms with E-state index in [1.54, 1.807) is 0 Å². The first-order valence-corrected chi connectivity index (χ1v) is 32.1. The van der Waals surface area contributed by atoms with Crippen LogP contribution in [0.25, 0.3) is 66.8 Å². The quantitative estimate of drug-likeness (QED) is 0.165. The topological polar surface area (TPSA) is 30.9 Å². The van der Waals surface area contributed by atoms with Gasteiger partial charge in [0.05, 0.1) is 10.8 Å². The minimum Gasteiger partial charge on any atom is -0.458 e. The molecule has 4 aliphatic heterocycles. The van der Waals surface area contributed by atoms with Gasteiger partial charge in [-0.05, 0) is 187 Å². The first kappa shape index (κ1) is 49.3. The van der Waals surface area contributed by atoms with E-state index in [1.807, 2.05) is 0 Å². The first-order chi connectivity index (χ1) is 45.6. The molecule has 422 valence electrons. The van der Waals surface area contributed by atoms with Crippen molar-refractivity contribution in [1.82, 2.24) is 0 Å². The molecule has 6 heteroatoms. The predicted molar refractivity (Wildman–Crippen MR) is 373 cm³/mol. The highest BCUT2D eigenvalue weighted by Crippen LogP contribution is 2.67. The van der Waals surface area contributed by atoms with E-state index in [9.17, 15) is 0 Å².